The summed E-state index contributed by atoms with van der Waals surface area (Å²) in [7, 11) is -4.27. The molecule has 1 fully saturated rings. The zero-order valence-electron chi connectivity index (χ0n) is 16.7. The van der Waals surface area contributed by atoms with Gasteiger partial charge in [-0.05, 0) is 38.0 Å². The Morgan fingerprint density at radius 2 is 2.03 bits per heavy atom. The van der Waals surface area contributed by atoms with Crippen molar-refractivity contribution in [1.29, 1.82) is 0 Å². The van der Waals surface area contributed by atoms with Crippen LogP contribution < -0.4 is 10.0 Å². The first-order chi connectivity index (χ1) is 14.4. The number of carbonyl (C=O) groups is 2. The van der Waals surface area contributed by atoms with E-state index in [1.54, 1.807) is 6.92 Å². The predicted octanol–water partition coefficient (Wildman–Crippen LogP) is 2.76. The van der Waals surface area contributed by atoms with Gasteiger partial charge in [0.15, 0.2) is 0 Å². The molecule has 2 rings (SSSR count). The summed E-state index contributed by atoms with van der Waals surface area (Å²) in [6.07, 6.45) is -4.24. The van der Waals surface area contributed by atoms with Gasteiger partial charge in [0, 0.05) is 32.1 Å². The first kappa shape index (κ1) is 25.2. The van der Waals surface area contributed by atoms with Crippen molar-refractivity contribution in [2.24, 2.45) is 0 Å². The molecule has 1 unspecified atom stereocenters. The van der Waals surface area contributed by atoms with E-state index in [4.69, 9.17) is 16.3 Å². The molecule has 1 aromatic carbocycles. The topological polar surface area (TPSA) is 105 Å². The van der Waals surface area contributed by atoms with Crippen LogP contribution >= 0.6 is 11.6 Å². The highest BCUT2D eigenvalue weighted by molar-refractivity contribution is 7.89. The minimum atomic E-state index is -4.80. The summed E-state index contributed by atoms with van der Waals surface area (Å²) in [6.45, 7) is 2.32. The number of hydrogen-bond acceptors (Lipinski definition) is 5. The van der Waals surface area contributed by atoms with Crippen molar-refractivity contribution in [3.05, 3.63) is 28.8 Å². The summed E-state index contributed by atoms with van der Waals surface area (Å²) >= 11 is 5.50. The molecule has 0 saturated carbocycles. The van der Waals surface area contributed by atoms with Crippen molar-refractivity contribution < 1.29 is 35.9 Å². The van der Waals surface area contributed by atoms with Crippen LogP contribution in [0.4, 0.5) is 18.0 Å². The molecule has 13 heteroatoms. The molecule has 1 heterocycles. The molecular weight excluding hydrogens is 463 g/mol. The normalized spacial score (nSPS) is 17.3. The Morgan fingerprint density at radius 3 is 2.68 bits per heavy atom. The van der Waals surface area contributed by atoms with Crippen molar-refractivity contribution in [3.63, 3.8) is 0 Å². The van der Waals surface area contributed by atoms with Gasteiger partial charge in [-0.15, -0.1) is 0 Å². The molecule has 2 amide bonds. The molecule has 0 radical (unpaired) electrons. The minimum Gasteiger partial charge on any atom is -0.450 e. The number of rotatable bonds is 7. The molecule has 0 aliphatic carbocycles. The van der Waals surface area contributed by atoms with Crippen LogP contribution in [0.1, 0.15) is 31.7 Å². The van der Waals surface area contributed by atoms with Crippen molar-refractivity contribution in [1.82, 2.24) is 14.9 Å². The first-order valence-corrected chi connectivity index (χ1v) is 11.4. The SMILES string of the molecule is CCOC(=O)NC1CCCN(C(=O)CCNS(=O)(=O)c2ccc(Cl)c(C(F)(F)F)c2)C1. The van der Waals surface area contributed by atoms with Gasteiger partial charge in [-0.25, -0.2) is 17.9 Å². The highest BCUT2D eigenvalue weighted by Crippen LogP contribution is 2.35. The number of benzene rings is 1. The van der Waals surface area contributed by atoms with Crippen LogP contribution in [0.25, 0.3) is 0 Å². The molecule has 1 aliphatic heterocycles. The second-order valence-corrected chi connectivity index (χ2v) is 9.01. The monoisotopic (exact) mass is 485 g/mol. The van der Waals surface area contributed by atoms with E-state index in [1.165, 1.54) is 4.90 Å². The second-order valence-electron chi connectivity index (χ2n) is 6.83. The van der Waals surface area contributed by atoms with E-state index < -0.39 is 37.8 Å². The number of ether oxygens (including phenoxy) is 1. The smallest absolute Gasteiger partial charge is 0.417 e. The van der Waals surface area contributed by atoms with E-state index in [-0.39, 0.29) is 38.1 Å². The van der Waals surface area contributed by atoms with Crippen LogP contribution in [0.3, 0.4) is 0 Å². The van der Waals surface area contributed by atoms with E-state index >= 15 is 0 Å². The van der Waals surface area contributed by atoms with Crippen LogP contribution in [0.2, 0.25) is 5.02 Å². The highest BCUT2D eigenvalue weighted by Gasteiger charge is 2.34. The third-order valence-corrected chi connectivity index (χ3v) is 6.34. The number of nitrogens with one attached hydrogen (secondary N) is 2. The number of hydrogen-bond donors (Lipinski definition) is 2. The summed E-state index contributed by atoms with van der Waals surface area (Å²) < 4.78 is 70.4. The fraction of sp³-hybridized carbons (Fsp3) is 0.556. The van der Waals surface area contributed by atoms with Gasteiger partial charge in [-0.3, -0.25) is 4.79 Å². The lowest BCUT2D eigenvalue weighted by Crippen LogP contribution is -2.50. The average molecular weight is 486 g/mol. The van der Waals surface area contributed by atoms with Crippen molar-refractivity contribution in [2.45, 2.75) is 43.3 Å². The van der Waals surface area contributed by atoms with Gasteiger partial charge in [0.2, 0.25) is 15.9 Å². The lowest BCUT2D eigenvalue weighted by atomic mass is 10.1. The quantitative estimate of drug-likeness (QED) is 0.618. The number of carbonyl (C=O) groups excluding carboxylic acids is 2. The molecule has 0 spiro atoms. The Hall–Kier alpha value is -2.05. The van der Waals surface area contributed by atoms with Gasteiger partial charge in [0.1, 0.15) is 0 Å². The Kier molecular flexibility index (Phi) is 8.55. The molecule has 0 aromatic heterocycles. The van der Waals surface area contributed by atoms with E-state index in [9.17, 15) is 31.2 Å². The van der Waals surface area contributed by atoms with Crippen LogP contribution in [0, 0.1) is 0 Å². The Balaban J connectivity index is 1.92. The number of alkyl halides is 3. The number of alkyl carbamates (subject to hydrolysis) is 1. The largest absolute Gasteiger partial charge is 0.450 e. The summed E-state index contributed by atoms with van der Waals surface area (Å²) in [5.74, 6) is -0.342. The van der Waals surface area contributed by atoms with Gasteiger partial charge in [0.05, 0.1) is 22.1 Å². The fourth-order valence-corrected chi connectivity index (χ4v) is 4.37. The molecule has 0 bridgehead atoms. The zero-order chi connectivity index (χ0) is 23.2. The zero-order valence-corrected chi connectivity index (χ0v) is 18.2. The first-order valence-electron chi connectivity index (χ1n) is 9.51. The molecular formula is C18H23ClF3N3O5S. The predicted molar refractivity (Wildman–Crippen MR) is 106 cm³/mol. The molecule has 1 saturated heterocycles. The number of sulfonamides is 1. The number of piperidine rings is 1. The highest BCUT2D eigenvalue weighted by atomic mass is 35.5. The number of halogens is 4. The maximum Gasteiger partial charge on any atom is 0.417 e. The molecule has 31 heavy (non-hydrogen) atoms. The van der Waals surface area contributed by atoms with E-state index in [2.05, 4.69) is 10.0 Å². The number of nitrogens with zero attached hydrogens (tertiary/aromatic N) is 1. The summed E-state index contributed by atoms with van der Waals surface area (Å²) in [5.41, 5.74) is -1.26. The third kappa shape index (κ3) is 7.25. The lowest BCUT2D eigenvalue weighted by molar-refractivity contribution is -0.137. The van der Waals surface area contributed by atoms with E-state index in [0.717, 1.165) is 12.1 Å². The molecule has 1 aliphatic rings. The number of amides is 2. The molecule has 1 atom stereocenters. The lowest BCUT2D eigenvalue weighted by Gasteiger charge is -2.33. The Labute approximate surface area is 183 Å². The van der Waals surface area contributed by atoms with Crippen LogP contribution in [-0.4, -0.2) is 57.6 Å². The van der Waals surface area contributed by atoms with Crippen LogP contribution in [0.15, 0.2) is 23.1 Å². The third-order valence-electron chi connectivity index (χ3n) is 4.56. The maximum absolute atomic E-state index is 13.0. The van der Waals surface area contributed by atoms with Crippen LogP contribution in [-0.2, 0) is 25.7 Å². The Morgan fingerprint density at radius 1 is 1.32 bits per heavy atom. The number of likely N-dealkylation sites (tertiary alicyclic amines) is 1. The second kappa shape index (κ2) is 10.5. The molecule has 2 N–H and O–H groups in total. The molecule has 8 nitrogen and oxygen atoms in total. The van der Waals surface area contributed by atoms with E-state index in [0.29, 0.717) is 25.5 Å². The molecule has 1 aromatic rings. The maximum atomic E-state index is 13.0. The average Bonchev–Trinajstić information content (AvgIpc) is 2.67. The van der Waals surface area contributed by atoms with Gasteiger partial charge in [-0.1, -0.05) is 11.6 Å². The molecule has 174 valence electrons. The Bertz CT molecular complexity index is 911. The van der Waals surface area contributed by atoms with Crippen molar-refractivity contribution in [3.8, 4) is 0 Å². The van der Waals surface area contributed by atoms with Gasteiger partial charge in [-0.2, -0.15) is 13.2 Å². The van der Waals surface area contributed by atoms with Gasteiger partial charge >= 0.3 is 12.3 Å². The van der Waals surface area contributed by atoms with Gasteiger partial charge in [0.25, 0.3) is 0 Å². The fourth-order valence-electron chi connectivity index (χ4n) is 3.08. The summed E-state index contributed by atoms with van der Waals surface area (Å²) in [5, 5.41) is 2.05. The van der Waals surface area contributed by atoms with Crippen molar-refractivity contribution in [2.75, 3.05) is 26.2 Å². The minimum absolute atomic E-state index is 0.189. The van der Waals surface area contributed by atoms with Gasteiger partial charge < -0.3 is 15.0 Å². The van der Waals surface area contributed by atoms with Crippen LogP contribution in [0.5, 0.6) is 0 Å². The van der Waals surface area contributed by atoms with Crippen molar-refractivity contribution >= 4 is 33.6 Å². The standard InChI is InChI=1S/C18H23ClF3N3O5S/c1-2-30-17(27)24-12-4-3-9-25(11-12)16(26)7-8-23-31(28,29)13-5-6-15(19)14(10-13)18(20,21)22/h5-6,10,12,23H,2-4,7-9,11H2,1H3,(H,24,27). The van der Waals surface area contributed by atoms with E-state index in [1.807, 2.05) is 0 Å². The summed E-state index contributed by atoms with van der Waals surface area (Å²) in [4.78, 5) is 24.8. The summed E-state index contributed by atoms with van der Waals surface area (Å²) in [6, 6.07) is 1.98.